The summed E-state index contributed by atoms with van der Waals surface area (Å²) in [7, 11) is 5.32. The fraction of sp³-hybridized carbons (Fsp3) is 0.364. The molecule has 0 aromatic heterocycles. The third-order valence-corrected chi connectivity index (χ3v) is 2.05. The lowest BCUT2D eigenvalue weighted by Gasteiger charge is -2.19. The molecule has 1 aromatic carbocycles. The largest absolute Gasteiger partial charge is 0.870 e. The monoisotopic (exact) mass is 209 g/mol. The van der Waals surface area contributed by atoms with E-state index < -0.39 is 0 Å². The quantitative estimate of drug-likeness (QED) is 0.662. The Bertz CT molecular complexity index is 361. The van der Waals surface area contributed by atoms with E-state index >= 15 is 0 Å². The van der Waals surface area contributed by atoms with Gasteiger partial charge in [0.15, 0.2) is 0 Å². The Morgan fingerprint density at radius 1 is 1.47 bits per heavy atom. The van der Waals surface area contributed by atoms with Crippen molar-refractivity contribution in [3.05, 3.63) is 23.3 Å². The first kappa shape index (κ1) is 11.5. The van der Waals surface area contributed by atoms with Crippen LogP contribution in [0.4, 0.5) is 0 Å². The minimum absolute atomic E-state index is 0.135. The summed E-state index contributed by atoms with van der Waals surface area (Å²) in [6.07, 6.45) is 0.719. The van der Waals surface area contributed by atoms with Crippen LogP contribution in [0.1, 0.15) is 15.9 Å². The molecule has 0 aliphatic heterocycles. The topological polar surface area (TPSA) is 53.8 Å². The van der Waals surface area contributed by atoms with Crippen LogP contribution in [0.15, 0.2) is 12.1 Å². The normalized spacial score (nSPS) is 10.4. The summed E-state index contributed by atoms with van der Waals surface area (Å²) < 4.78 is 4.93. The molecule has 82 valence electrons. The van der Waals surface area contributed by atoms with Crippen molar-refractivity contribution in [3.8, 4) is 11.5 Å². The number of quaternary nitrogens is 1. The SMILES string of the molecule is COc1cc(C=O)cc(C[NH+](C)C)c1[O-]. The van der Waals surface area contributed by atoms with Gasteiger partial charge < -0.3 is 14.7 Å². The van der Waals surface area contributed by atoms with Crippen LogP contribution >= 0.6 is 0 Å². The molecule has 0 saturated heterocycles. The summed E-state index contributed by atoms with van der Waals surface area (Å²) in [6.45, 7) is 0.580. The number of benzene rings is 1. The van der Waals surface area contributed by atoms with Gasteiger partial charge in [0.25, 0.3) is 0 Å². The van der Waals surface area contributed by atoms with Crippen LogP contribution in [0.5, 0.6) is 11.5 Å². The van der Waals surface area contributed by atoms with E-state index in [1.807, 2.05) is 14.1 Å². The number of ether oxygens (including phenoxy) is 1. The standard InChI is InChI=1S/C11H15NO3/c1-12(2)6-9-4-8(7-13)5-10(15-3)11(9)14/h4-5,7,14H,6H2,1-3H3. The molecule has 1 aromatic rings. The zero-order valence-corrected chi connectivity index (χ0v) is 9.16. The van der Waals surface area contributed by atoms with E-state index in [0.29, 0.717) is 17.7 Å². The van der Waals surface area contributed by atoms with Crippen molar-refractivity contribution in [2.24, 2.45) is 0 Å². The summed E-state index contributed by atoms with van der Waals surface area (Å²) in [5.41, 5.74) is 1.08. The highest BCUT2D eigenvalue weighted by molar-refractivity contribution is 5.77. The predicted molar refractivity (Wildman–Crippen MR) is 54.3 cm³/mol. The van der Waals surface area contributed by atoms with Crippen molar-refractivity contribution in [1.29, 1.82) is 0 Å². The van der Waals surface area contributed by atoms with Gasteiger partial charge in [0.05, 0.1) is 21.2 Å². The van der Waals surface area contributed by atoms with Gasteiger partial charge in [-0.1, -0.05) is 5.75 Å². The summed E-state index contributed by atoms with van der Waals surface area (Å²) >= 11 is 0. The highest BCUT2D eigenvalue weighted by Crippen LogP contribution is 2.27. The van der Waals surface area contributed by atoms with Gasteiger partial charge in [-0.25, -0.2) is 0 Å². The molecule has 0 aliphatic rings. The fourth-order valence-electron chi connectivity index (χ4n) is 1.42. The van der Waals surface area contributed by atoms with Gasteiger partial charge in [-0.2, -0.15) is 0 Å². The molecule has 0 heterocycles. The summed E-state index contributed by atoms with van der Waals surface area (Å²) in [5, 5.41) is 11.7. The second-order valence-corrected chi connectivity index (χ2v) is 3.71. The number of carbonyl (C=O) groups is 1. The molecule has 15 heavy (non-hydrogen) atoms. The zero-order chi connectivity index (χ0) is 11.4. The minimum Gasteiger partial charge on any atom is -0.870 e. The molecule has 0 saturated carbocycles. The average molecular weight is 209 g/mol. The number of hydrogen-bond donors (Lipinski definition) is 1. The second kappa shape index (κ2) is 4.79. The van der Waals surface area contributed by atoms with Crippen molar-refractivity contribution < 1.29 is 19.5 Å². The lowest BCUT2D eigenvalue weighted by atomic mass is 10.1. The lowest BCUT2D eigenvalue weighted by Crippen LogP contribution is -3.04. The highest BCUT2D eigenvalue weighted by atomic mass is 16.5. The molecular formula is C11H15NO3. The number of methoxy groups -OCH3 is 1. The van der Waals surface area contributed by atoms with Crippen molar-refractivity contribution in [1.82, 2.24) is 0 Å². The molecule has 0 fully saturated rings. The van der Waals surface area contributed by atoms with E-state index in [-0.39, 0.29) is 11.5 Å². The molecule has 4 heteroatoms. The lowest BCUT2D eigenvalue weighted by molar-refractivity contribution is -0.872. The minimum atomic E-state index is -0.135. The molecule has 0 amide bonds. The molecule has 1 rings (SSSR count). The number of hydrogen-bond acceptors (Lipinski definition) is 3. The van der Waals surface area contributed by atoms with Crippen molar-refractivity contribution >= 4 is 6.29 Å². The van der Waals surface area contributed by atoms with E-state index in [0.717, 1.165) is 11.2 Å². The van der Waals surface area contributed by atoms with Crippen LogP contribution in [-0.2, 0) is 6.54 Å². The molecule has 0 aliphatic carbocycles. The predicted octanol–water partition coefficient (Wildman–Crippen LogP) is -0.774. The first-order valence-electron chi connectivity index (χ1n) is 4.70. The van der Waals surface area contributed by atoms with E-state index in [4.69, 9.17) is 4.74 Å². The molecule has 0 radical (unpaired) electrons. The molecule has 1 N–H and O–H groups in total. The Balaban J connectivity index is 3.17. The van der Waals surface area contributed by atoms with Crippen LogP contribution in [0.25, 0.3) is 0 Å². The van der Waals surface area contributed by atoms with Gasteiger partial charge in [-0.05, 0) is 12.1 Å². The second-order valence-electron chi connectivity index (χ2n) is 3.71. The maximum absolute atomic E-state index is 11.7. The number of carbonyl (C=O) groups excluding carboxylic acids is 1. The molecule has 0 unspecified atom stereocenters. The first-order valence-corrected chi connectivity index (χ1v) is 4.70. The summed E-state index contributed by atoms with van der Waals surface area (Å²) in [6, 6.07) is 3.08. The molecule has 0 bridgehead atoms. The van der Waals surface area contributed by atoms with Gasteiger partial charge >= 0.3 is 0 Å². The number of nitrogens with one attached hydrogen (secondary N) is 1. The molecule has 0 spiro atoms. The van der Waals surface area contributed by atoms with Crippen LogP contribution in [0.2, 0.25) is 0 Å². The van der Waals surface area contributed by atoms with E-state index in [2.05, 4.69) is 0 Å². The summed E-state index contributed by atoms with van der Waals surface area (Å²) in [5.74, 6) is 0.0974. The van der Waals surface area contributed by atoms with E-state index in [9.17, 15) is 9.90 Å². The summed E-state index contributed by atoms with van der Waals surface area (Å²) in [4.78, 5) is 11.8. The van der Waals surface area contributed by atoms with Crippen LogP contribution in [0.3, 0.4) is 0 Å². The van der Waals surface area contributed by atoms with Gasteiger partial charge in [0, 0.05) is 11.1 Å². The number of aldehydes is 1. The number of rotatable bonds is 4. The molecular weight excluding hydrogens is 194 g/mol. The third-order valence-electron chi connectivity index (χ3n) is 2.05. The molecule has 4 nitrogen and oxygen atoms in total. The van der Waals surface area contributed by atoms with Crippen LogP contribution < -0.4 is 14.7 Å². The third kappa shape index (κ3) is 2.70. The molecule has 0 atom stereocenters. The Kier molecular flexibility index (Phi) is 3.68. The average Bonchev–Trinajstić information content (AvgIpc) is 2.20. The van der Waals surface area contributed by atoms with E-state index in [1.54, 1.807) is 6.07 Å². The smallest absolute Gasteiger partial charge is 0.150 e. The van der Waals surface area contributed by atoms with Gasteiger partial charge in [0.1, 0.15) is 18.6 Å². The van der Waals surface area contributed by atoms with Crippen molar-refractivity contribution in [3.63, 3.8) is 0 Å². The van der Waals surface area contributed by atoms with Gasteiger partial charge in [0.2, 0.25) is 0 Å². The first-order chi connectivity index (χ1) is 7.08. The maximum Gasteiger partial charge on any atom is 0.150 e. The van der Waals surface area contributed by atoms with Crippen LogP contribution in [0, 0.1) is 0 Å². The fourth-order valence-corrected chi connectivity index (χ4v) is 1.42. The van der Waals surface area contributed by atoms with Crippen LogP contribution in [-0.4, -0.2) is 27.5 Å². The Labute approximate surface area is 89.1 Å². The van der Waals surface area contributed by atoms with Gasteiger partial charge in [-0.15, -0.1) is 0 Å². The highest BCUT2D eigenvalue weighted by Gasteiger charge is 2.06. The maximum atomic E-state index is 11.7. The van der Waals surface area contributed by atoms with Crippen molar-refractivity contribution in [2.75, 3.05) is 21.2 Å². The van der Waals surface area contributed by atoms with Crippen molar-refractivity contribution in [2.45, 2.75) is 6.54 Å². The Morgan fingerprint density at radius 3 is 2.60 bits per heavy atom. The Morgan fingerprint density at radius 2 is 2.13 bits per heavy atom. The zero-order valence-electron chi connectivity index (χ0n) is 9.16. The van der Waals surface area contributed by atoms with E-state index in [1.165, 1.54) is 13.2 Å². The van der Waals surface area contributed by atoms with Gasteiger partial charge in [-0.3, -0.25) is 4.79 Å². The Hall–Kier alpha value is -1.55.